The lowest BCUT2D eigenvalue weighted by Gasteiger charge is -2.35. The van der Waals surface area contributed by atoms with Crippen LogP contribution >= 0.6 is 0 Å². The molecule has 196 valence electrons. The Balaban J connectivity index is 1.82. The normalized spacial score (nSPS) is 15.9. The van der Waals surface area contributed by atoms with E-state index in [2.05, 4.69) is 23.7 Å². The fraction of sp³-hybridized carbons (Fsp3) is 0.577. The van der Waals surface area contributed by atoms with Gasteiger partial charge in [-0.25, -0.2) is 13.4 Å². The van der Waals surface area contributed by atoms with Gasteiger partial charge in [0.05, 0.1) is 28.8 Å². The average molecular weight is 516 g/mol. The van der Waals surface area contributed by atoms with Crippen LogP contribution in [0, 0.1) is 5.92 Å². The molecular weight excluding hydrogens is 478 g/mol. The van der Waals surface area contributed by atoms with Crippen molar-refractivity contribution in [1.29, 1.82) is 0 Å². The number of nitrogens with zero attached hydrogens (tertiary/aromatic N) is 4. The van der Waals surface area contributed by atoms with E-state index in [4.69, 9.17) is 14.8 Å². The van der Waals surface area contributed by atoms with E-state index < -0.39 is 9.84 Å². The summed E-state index contributed by atoms with van der Waals surface area (Å²) in [6, 6.07) is 5.39. The lowest BCUT2D eigenvalue weighted by atomic mass is 10.0. The van der Waals surface area contributed by atoms with Gasteiger partial charge in [-0.1, -0.05) is 20.8 Å². The molecule has 0 amide bonds. The number of ether oxygens (including phenoxy) is 1. The Morgan fingerprint density at radius 1 is 1.14 bits per heavy atom. The van der Waals surface area contributed by atoms with Gasteiger partial charge in [-0.3, -0.25) is 9.48 Å². The molecule has 0 saturated carbocycles. The van der Waals surface area contributed by atoms with Crippen LogP contribution in [-0.2, 0) is 16.3 Å². The summed E-state index contributed by atoms with van der Waals surface area (Å²) in [6.45, 7) is 13.0. The van der Waals surface area contributed by atoms with Crippen LogP contribution in [-0.4, -0.2) is 65.1 Å². The molecule has 4 rings (SSSR count). The van der Waals surface area contributed by atoms with Gasteiger partial charge in [-0.2, -0.15) is 5.10 Å². The Hall–Kier alpha value is -2.72. The Morgan fingerprint density at radius 3 is 2.42 bits per heavy atom. The van der Waals surface area contributed by atoms with E-state index in [0.717, 1.165) is 37.9 Å². The van der Waals surface area contributed by atoms with Gasteiger partial charge in [0.25, 0.3) is 5.56 Å². The number of nitrogens with one attached hydrogen (secondary N) is 1. The molecule has 0 bridgehead atoms. The predicted octanol–water partition coefficient (Wildman–Crippen LogP) is 3.83. The van der Waals surface area contributed by atoms with Crippen LogP contribution in [0.1, 0.15) is 59.2 Å². The highest BCUT2D eigenvalue weighted by atomic mass is 32.2. The summed E-state index contributed by atoms with van der Waals surface area (Å²) in [7, 11) is -3.46. The summed E-state index contributed by atoms with van der Waals surface area (Å²) < 4.78 is 32.5. The van der Waals surface area contributed by atoms with E-state index in [1.807, 2.05) is 25.5 Å². The zero-order valence-corrected chi connectivity index (χ0v) is 22.9. The molecule has 1 N–H and O–H groups in total. The van der Waals surface area contributed by atoms with Crippen LogP contribution < -0.4 is 10.3 Å². The largest absolute Gasteiger partial charge is 0.493 e. The molecule has 1 aliphatic heterocycles. The molecule has 9 nitrogen and oxygen atoms in total. The molecule has 3 heterocycles. The lowest BCUT2D eigenvalue weighted by Crippen LogP contribution is -2.39. The van der Waals surface area contributed by atoms with Crippen molar-refractivity contribution < 1.29 is 13.2 Å². The SMILES string of the molecule is CCc1c2nc(-c3cc(S(C)(=O)=O)ccc3OCC(C)C)[nH]c(=O)c2nn1C1CCN(C(C)C)CC1. The third kappa shape index (κ3) is 5.34. The topological polar surface area (TPSA) is 110 Å². The summed E-state index contributed by atoms with van der Waals surface area (Å²) >= 11 is 0. The van der Waals surface area contributed by atoms with E-state index >= 15 is 0 Å². The van der Waals surface area contributed by atoms with Gasteiger partial charge >= 0.3 is 0 Å². The average Bonchev–Trinajstić information content (AvgIpc) is 3.21. The quantitative estimate of drug-likeness (QED) is 0.485. The summed E-state index contributed by atoms with van der Waals surface area (Å²) in [5.41, 5.74) is 1.89. The number of aryl methyl sites for hydroxylation is 1. The molecule has 0 unspecified atom stereocenters. The fourth-order valence-electron chi connectivity index (χ4n) is 4.75. The van der Waals surface area contributed by atoms with Crippen molar-refractivity contribution in [3.8, 4) is 17.1 Å². The number of fused-ring (bicyclic) bond motifs is 1. The van der Waals surface area contributed by atoms with E-state index in [1.54, 1.807) is 6.07 Å². The number of sulfone groups is 1. The highest BCUT2D eigenvalue weighted by Gasteiger charge is 2.27. The van der Waals surface area contributed by atoms with Crippen molar-refractivity contribution in [2.75, 3.05) is 26.0 Å². The second-order valence-electron chi connectivity index (χ2n) is 10.4. The summed E-state index contributed by atoms with van der Waals surface area (Å²) in [5, 5.41) is 4.71. The molecule has 10 heteroatoms. The third-order valence-electron chi connectivity index (χ3n) is 6.77. The number of aromatic nitrogens is 4. The summed E-state index contributed by atoms with van der Waals surface area (Å²) in [4.78, 5) is 23.5. The number of benzene rings is 1. The molecule has 1 aromatic carbocycles. The first-order chi connectivity index (χ1) is 17.0. The molecule has 1 fully saturated rings. The van der Waals surface area contributed by atoms with E-state index in [9.17, 15) is 13.2 Å². The van der Waals surface area contributed by atoms with Gasteiger partial charge in [0, 0.05) is 25.4 Å². The predicted molar refractivity (Wildman–Crippen MR) is 141 cm³/mol. The minimum absolute atomic E-state index is 0.139. The number of hydrogen-bond acceptors (Lipinski definition) is 7. The minimum atomic E-state index is -3.46. The minimum Gasteiger partial charge on any atom is -0.493 e. The number of aromatic amines is 1. The first-order valence-corrected chi connectivity index (χ1v) is 14.6. The molecule has 0 radical (unpaired) electrons. The zero-order chi connectivity index (χ0) is 26.2. The number of hydrogen-bond donors (Lipinski definition) is 1. The molecular formula is C26H37N5O4S. The number of H-pyrrole nitrogens is 1. The summed E-state index contributed by atoms with van der Waals surface area (Å²) in [6.07, 6.45) is 3.77. The highest BCUT2D eigenvalue weighted by molar-refractivity contribution is 7.90. The van der Waals surface area contributed by atoms with Crippen LogP contribution in [0.4, 0.5) is 0 Å². The Bertz CT molecular complexity index is 1400. The third-order valence-corrected chi connectivity index (χ3v) is 7.88. The van der Waals surface area contributed by atoms with Gasteiger partial charge in [0.2, 0.25) is 0 Å². The number of piperidine rings is 1. The van der Waals surface area contributed by atoms with Crippen molar-refractivity contribution in [2.24, 2.45) is 5.92 Å². The van der Waals surface area contributed by atoms with Crippen molar-refractivity contribution in [2.45, 2.75) is 70.9 Å². The number of rotatable bonds is 8. The van der Waals surface area contributed by atoms with Crippen LogP contribution in [0.3, 0.4) is 0 Å². The maximum absolute atomic E-state index is 13.2. The Labute approximate surface area is 212 Å². The molecule has 3 aromatic rings. The highest BCUT2D eigenvalue weighted by Crippen LogP contribution is 2.32. The van der Waals surface area contributed by atoms with E-state index in [-0.39, 0.29) is 28.2 Å². The van der Waals surface area contributed by atoms with Crippen LogP contribution in [0.5, 0.6) is 5.75 Å². The van der Waals surface area contributed by atoms with Gasteiger partial charge in [0.1, 0.15) is 17.1 Å². The maximum atomic E-state index is 13.2. The Kier molecular flexibility index (Phi) is 7.56. The van der Waals surface area contributed by atoms with Crippen molar-refractivity contribution >= 4 is 20.9 Å². The van der Waals surface area contributed by atoms with E-state index in [1.165, 1.54) is 12.1 Å². The van der Waals surface area contributed by atoms with Crippen molar-refractivity contribution in [3.63, 3.8) is 0 Å². The molecule has 0 aliphatic carbocycles. The molecule has 0 spiro atoms. The van der Waals surface area contributed by atoms with Gasteiger partial charge in [-0.15, -0.1) is 0 Å². The molecule has 1 aliphatic rings. The fourth-order valence-corrected chi connectivity index (χ4v) is 5.40. The van der Waals surface area contributed by atoms with Crippen LogP contribution in [0.25, 0.3) is 22.4 Å². The molecule has 2 aromatic heterocycles. The molecule has 1 saturated heterocycles. The van der Waals surface area contributed by atoms with Gasteiger partial charge in [0.15, 0.2) is 15.4 Å². The standard InChI is InChI=1S/C26H37N5O4S/c1-7-21-23-24(29-31(21)18-10-12-30(13-11-18)17(4)5)26(32)28-25(27-23)20-14-19(36(6,33)34)8-9-22(20)35-15-16(2)3/h8-9,14,16-18H,7,10-13,15H2,1-6H3,(H,27,28,32). The van der Waals surface area contributed by atoms with E-state index in [0.29, 0.717) is 41.4 Å². The Morgan fingerprint density at radius 2 is 1.83 bits per heavy atom. The second kappa shape index (κ2) is 10.3. The van der Waals surface area contributed by atoms with Crippen molar-refractivity contribution in [3.05, 3.63) is 34.2 Å². The van der Waals surface area contributed by atoms with Crippen LogP contribution in [0.15, 0.2) is 27.9 Å². The zero-order valence-electron chi connectivity index (χ0n) is 22.0. The first kappa shape index (κ1) is 26.3. The lowest BCUT2D eigenvalue weighted by molar-refractivity contribution is 0.146. The monoisotopic (exact) mass is 515 g/mol. The smallest absolute Gasteiger partial charge is 0.279 e. The number of likely N-dealkylation sites (tertiary alicyclic amines) is 1. The molecule has 0 atom stereocenters. The van der Waals surface area contributed by atoms with Gasteiger partial charge < -0.3 is 14.6 Å². The summed E-state index contributed by atoms with van der Waals surface area (Å²) in [5.74, 6) is 1.03. The van der Waals surface area contributed by atoms with Gasteiger partial charge in [-0.05, 0) is 57.2 Å². The maximum Gasteiger partial charge on any atom is 0.279 e. The van der Waals surface area contributed by atoms with Crippen molar-refractivity contribution in [1.82, 2.24) is 24.6 Å². The molecule has 36 heavy (non-hydrogen) atoms. The first-order valence-electron chi connectivity index (χ1n) is 12.7. The van der Waals surface area contributed by atoms with Crippen LogP contribution in [0.2, 0.25) is 0 Å². The second-order valence-corrected chi connectivity index (χ2v) is 12.4.